The topological polar surface area (TPSA) is 81.4 Å². The Morgan fingerprint density at radius 2 is 2.10 bits per heavy atom. The average molecular weight is 282 g/mol. The molecule has 0 bridgehead atoms. The number of esters is 1. The summed E-state index contributed by atoms with van der Waals surface area (Å²) >= 11 is 0. The summed E-state index contributed by atoms with van der Waals surface area (Å²) in [6.45, 7) is 3.71. The minimum absolute atomic E-state index is 0.00204. The van der Waals surface area contributed by atoms with Crippen LogP contribution in [0.1, 0.15) is 30.6 Å². The van der Waals surface area contributed by atoms with E-state index in [0.717, 1.165) is 6.07 Å². The average Bonchev–Trinajstić information content (AvgIpc) is 2.45. The number of methoxy groups -OCH3 is 1. The van der Waals surface area contributed by atoms with Gasteiger partial charge in [-0.2, -0.15) is 0 Å². The molecular weight excluding hydrogens is 263 g/mol. The van der Waals surface area contributed by atoms with Crippen LogP contribution in [0, 0.1) is 11.7 Å². The van der Waals surface area contributed by atoms with E-state index in [0.29, 0.717) is 6.42 Å². The molecule has 3 N–H and O–H groups in total. The van der Waals surface area contributed by atoms with Crippen molar-refractivity contribution in [3.8, 4) is 0 Å². The predicted molar refractivity (Wildman–Crippen MR) is 73.5 cm³/mol. The molecule has 5 nitrogen and oxygen atoms in total. The molecule has 0 aliphatic rings. The van der Waals surface area contributed by atoms with Crippen molar-refractivity contribution in [3.63, 3.8) is 0 Å². The Bertz CT molecular complexity index is 505. The fourth-order valence-corrected chi connectivity index (χ4v) is 1.74. The standard InChI is InChI=1S/C14H19FN2O3/c1-4-8(2)12(14(19)20-3)17-13(18)10-7-9(15)5-6-11(10)16/h5-8,12H,4,16H2,1-3H3,(H,17,18). The zero-order valence-electron chi connectivity index (χ0n) is 11.8. The second kappa shape index (κ2) is 6.88. The monoisotopic (exact) mass is 282 g/mol. The summed E-state index contributed by atoms with van der Waals surface area (Å²) in [6, 6.07) is 2.72. The molecule has 0 aliphatic carbocycles. The largest absolute Gasteiger partial charge is 0.467 e. The Balaban J connectivity index is 2.96. The third-order valence-electron chi connectivity index (χ3n) is 3.21. The summed E-state index contributed by atoms with van der Waals surface area (Å²) in [5.74, 6) is -1.82. The summed E-state index contributed by atoms with van der Waals surface area (Å²) in [7, 11) is 1.25. The Morgan fingerprint density at radius 3 is 2.65 bits per heavy atom. The van der Waals surface area contributed by atoms with Crippen LogP contribution in [0.4, 0.5) is 10.1 Å². The third kappa shape index (κ3) is 3.69. The molecule has 6 heteroatoms. The lowest BCUT2D eigenvalue weighted by molar-refractivity contribution is -0.144. The number of carbonyl (C=O) groups is 2. The SMILES string of the molecule is CCC(C)C(NC(=O)c1cc(F)ccc1N)C(=O)OC. The van der Waals surface area contributed by atoms with Gasteiger partial charge in [0, 0.05) is 5.69 Å². The summed E-state index contributed by atoms with van der Waals surface area (Å²) in [4.78, 5) is 23.8. The predicted octanol–water partition coefficient (Wildman–Crippen LogP) is 1.73. The molecule has 0 spiro atoms. The lowest BCUT2D eigenvalue weighted by atomic mass is 9.98. The number of hydrogen-bond acceptors (Lipinski definition) is 4. The smallest absolute Gasteiger partial charge is 0.328 e. The Morgan fingerprint density at radius 1 is 1.45 bits per heavy atom. The zero-order chi connectivity index (χ0) is 15.3. The third-order valence-corrected chi connectivity index (χ3v) is 3.21. The molecule has 0 fully saturated rings. The molecule has 1 aromatic rings. The number of nitrogens with two attached hydrogens (primary N) is 1. The van der Waals surface area contributed by atoms with Crippen LogP contribution in [-0.4, -0.2) is 25.0 Å². The van der Waals surface area contributed by atoms with E-state index in [-0.39, 0.29) is 17.2 Å². The first-order valence-electron chi connectivity index (χ1n) is 6.34. The second-order valence-electron chi connectivity index (χ2n) is 4.59. The van der Waals surface area contributed by atoms with Crippen LogP contribution in [0.25, 0.3) is 0 Å². The quantitative estimate of drug-likeness (QED) is 0.636. The van der Waals surface area contributed by atoms with Gasteiger partial charge in [-0.05, 0) is 24.1 Å². The van der Waals surface area contributed by atoms with E-state index >= 15 is 0 Å². The van der Waals surface area contributed by atoms with Crippen molar-refractivity contribution in [3.05, 3.63) is 29.6 Å². The van der Waals surface area contributed by atoms with Gasteiger partial charge < -0.3 is 15.8 Å². The summed E-state index contributed by atoms with van der Waals surface area (Å²) in [5.41, 5.74) is 5.79. The number of nitrogen functional groups attached to an aromatic ring is 1. The number of halogens is 1. The lowest BCUT2D eigenvalue weighted by Gasteiger charge is -2.22. The number of benzene rings is 1. The van der Waals surface area contributed by atoms with Crippen molar-refractivity contribution in [2.75, 3.05) is 12.8 Å². The highest BCUT2D eigenvalue weighted by Gasteiger charge is 2.27. The Labute approximate surface area is 117 Å². The van der Waals surface area contributed by atoms with E-state index < -0.39 is 23.7 Å². The van der Waals surface area contributed by atoms with Crippen LogP contribution in [0.2, 0.25) is 0 Å². The first-order valence-corrected chi connectivity index (χ1v) is 6.34. The minimum atomic E-state index is -0.792. The van der Waals surface area contributed by atoms with Crippen molar-refractivity contribution in [2.45, 2.75) is 26.3 Å². The molecule has 0 aromatic heterocycles. The van der Waals surface area contributed by atoms with Crippen LogP contribution in [-0.2, 0) is 9.53 Å². The van der Waals surface area contributed by atoms with Crippen molar-refractivity contribution in [1.82, 2.24) is 5.32 Å². The van der Waals surface area contributed by atoms with Gasteiger partial charge in [0.15, 0.2) is 0 Å². The van der Waals surface area contributed by atoms with Crippen LogP contribution >= 0.6 is 0 Å². The van der Waals surface area contributed by atoms with Gasteiger partial charge in [0.2, 0.25) is 0 Å². The van der Waals surface area contributed by atoms with E-state index in [4.69, 9.17) is 5.73 Å². The highest BCUT2D eigenvalue weighted by atomic mass is 19.1. The van der Waals surface area contributed by atoms with Gasteiger partial charge in [0.25, 0.3) is 5.91 Å². The summed E-state index contributed by atoms with van der Waals surface area (Å²) in [5, 5.41) is 2.54. The number of hydrogen-bond donors (Lipinski definition) is 2. The first-order chi connectivity index (χ1) is 9.40. The molecule has 0 saturated heterocycles. The molecule has 20 heavy (non-hydrogen) atoms. The van der Waals surface area contributed by atoms with E-state index in [1.165, 1.54) is 19.2 Å². The zero-order valence-corrected chi connectivity index (χ0v) is 11.8. The van der Waals surface area contributed by atoms with E-state index in [1.54, 1.807) is 0 Å². The maximum Gasteiger partial charge on any atom is 0.328 e. The number of nitrogens with one attached hydrogen (secondary N) is 1. The van der Waals surface area contributed by atoms with E-state index in [1.807, 2.05) is 13.8 Å². The van der Waals surface area contributed by atoms with Gasteiger partial charge in [0.1, 0.15) is 11.9 Å². The molecule has 110 valence electrons. The normalized spacial score (nSPS) is 13.4. The van der Waals surface area contributed by atoms with Gasteiger partial charge in [0.05, 0.1) is 12.7 Å². The molecule has 0 aliphatic heterocycles. The fourth-order valence-electron chi connectivity index (χ4n) is 1.74. The Kier molecular flexibility index (Phi) is 5.49. The van der Waals surface area contributed by atoms with Gasteiger partial charge in [-0.15, -0.1) is 0 Å². The molecule has 2 unspecified atom stereocenters. The summed E-state index contributed by atoms with van der Waals surface area (Å²) < 4.78 is 17.8. The number of anilines is 1. The van der Waals surface area contributed by atoms with Crippen molar-refractivity contribution in [2.24, 2.45) is 5.92 Å². The van der Waals surface area contributed by atoms with Gasteiger partial charge in [-0.25, -0.2) is 9.18 Å². The number of amides is 1. The number of ether oxygens (including phenoxy) is 1. The molecular formula is C14H19FN2O3. The summed E-state index contributed by atoms with van der Waals surface area (Å²) in [6.07, 6.45) is 0.679. The van der Waals surface area contributed by atoms with Gasteiger partial charge in [-0.3, -0.25) is 4.79 Å². The molecule has 0 heterocycles. The molecule has 1 amide bonds. The second-order valence-corrected chi connectivity index (χ2v) is 4.59. The molecule has 1 rings (SSSR count). The van der Waals surface area contributed by atoms with Crippen LogP contribution < -0.4 is 11.1 Å². The maximum atomic E-state index is 13.2. The van der Waals surface area contributed by atoms with E-state index in [2.05, 4.69) is 10.1 Å². The number of rotatable bonds is 5. The van der Waals surface area contributed by atoms with Crippen LogP contribution in [0.3, 0.4) is 0 Å². The highest BCUT2D eigenvalue weighted by Crippen LogP contribution is 2.15. The number of carbonyl (C=O) groups excluding carboxylic acids is 2. The fraction of sp³-hybridized carbons (Fsp3) is 0.429. The lowest BCUT2D eigenvalue weighted by Crippen LogP contribution is -2.45. The maximum absolute atomic E-state index is 13.2. The highest BCUT2D eigenvalue weighted by molar-refractivity contribution is 6.01. The minimum Gasteiger partial charge on any atom is -0.467 e. The molecule has 2 atom stereocenters. The Hall–Kier alpha value is -2.11. The van der Waals surface area contributed by atoms with Crippen LogP contribution in [0.15, 0.2) is 18.2 Å². The molecule has 1 aromatic carbocycles. The van der Waals surface area contributed by atoms with Crippen molar-refractivity contribution >= 4 is 17.6 Å². The van der Waals surface area contributed by atoms with Gasteiger partial charge in [-0.1, -0.05) is 20.3 Å². The molecule has 0 saturated carbocycles. The van der Waals surface area contributed by atoms with E-state index in [9.17, 15) is 14.0 Å². The molecule has 0 radical (unpaired) electrons. The van der Waals surface area contributed by atoms with Crippen LogP contribution in [0.5, 0.6) is 0 Å². The first kappa shape index (κ1) is 15.9. The van der Waals surface area contributed by atoms with Crippen molar-refractivity contribution in [1.29, 1.82) is 0 Å². The van der Waals surface area contributed by atoms with Gasteiger partial charge >= 0.3 is 5.97 Å². The van der Waals surface area contributed by atoms with Crippen molar-refractivity contribution < 1.29 is 18.7 Å².